The Bertz CT molecular complexity index is 821. The first kappa shape index (κ1) is 21.8. The lowest BCUT2D eigenvalue weighted by Gasteiger charge is -2.36. The van der Waals surface area contributed by atoms with E-state index in [9.17, 15) is 14.0 Å². The standard InChI is InChI=1S/C22H30FN3O5/c1-15(27)24-13-18-14-26(21(28)31-18)17-3-4-20(19(23)11-17)25-7-5-16(6-8-25)12-22(2)29-9-10-30-22/h3-4,11,16,18H,5-10,12-14H2,1-2H3,(H,24,27). The molecule has 1 aromatic rings. The van der Waals surface area contributed by atoms with Crippen LogP contribution in [0.25, 0.3) is 0 Å². The zero-order valence-corrected chi connectivity index (χ0v) is 18.1. The summed E-state index contributed by atoms with van der Waals surface area (Å²) < 4.78 is 31.6. The smallest absolute Gasteiger partial charge is 0.414 e. The number of cyclic esters (lactones) is 1. The lowest BCUT2D eigenvalue weighted by molar-refractivity contribution is -0.156. The summed E-state index contributed by atoms with van der Waals surface area (Å²) >= 11 is 0. The summed E-state index contributed by atoms with van der Waals surface area (Å²) in [5.74, 6) is -0.543. The zero-order chi connectivity index (χ0) is 22.0. The van der Waals surface area contributed by atoms with E-state index in [1.54, 1.807) is 12.1 Å². The van der Waals surface area contributed by atoms with Crippen LogP contribution < -0.4 is 15.1 Å². The molecule has 3 heterocycles. The summed E-state index contributed by atoms with van der Waals surface area (Å²) in [6.45, 7) is 6.73. The first-order chi connectivity index (χ1) is 14.8. The molecule has 0 bridgehead atoms. The molecular formula is C22H30FN3O5. The highest BCUT2D eigenvalue weighted by Crippen LogP contribution is 2.34. The summed E-state index contributed by atoms with van der Waals surface area (Å²) in [4.78, 5) is 26.7. The maximum atomic E-state index is 14.9. The van der Waals surface area contributed by atoms with E-state index in [0.717, 1.165) is 32.4 Å². The van der Waals surface area contributed by atoms with Crippen molar-refractivity contribution in [1.82, 2.24) is 5.32 Å². The highest BCUT2D eigenvalue weighted by molar-refractivity contribution is 5.90. The second-order valence-corrected chi connectivity index (χ2v) is 8.65. The minimum atomic E-state index is -0.534. The third kappa shape index (κ3) is 5.10. The minimum Gasteiger partial charge on any atom is -0.442 e. The molecule has 31 heavy (non-hydrogen) atoms. The Morgan fingerprint density at radius 1 is 1.26 bits per heavy atom. The van der Waals surface area contributed by atoms with Gasteiger partial charge in [0.1, 0.15) is 11.9 Å². The maximum Gasteiger partial charge on any atom is 0.414 e. The summed E-state index contributed by atoms with van der Waals surface area (Å²) in [6.07, 6.45) is 1.78. The van der Waals surface area contributed by atoms with Crippen molar-refractivity contribution in [3.8, 4) is 0 Å². The van der Waals surface area contributed by atoms with E-state index in [2.05, 4.69) is 10.2 Å². The van der Waals surface area contributed by atoms with E-state index in [1.165, 1.54) is 17.9 Å². The van der Waals surface area contributed by atoms with Gasteiger partial charge in [-0.25, -0.2) is 9.18 Å². The second kappa shape index (κ2) is 9.00. The summed E-state index contributed by atoms with van der Waals surface area (Å²) in [6, 6.07) is 4.85. The summed E-state index contributed by atoms with van der Waals surface area (Å²) in [5.41, 5.74) is 0.999. The normalized spacial score (nSPS) is 23.8. The van der Waals surface area contributed by atoms with Crippen LogP contribution in [0.15, 0.2) is 18.2 Å². The highest BCUT2D eigenvalue weighted by atomic mass is 19.1. The number of ether oxygens (including phenoxy) is 3. The lowest BCUT2D eigenvalue weighted by Crippen LogP contribution is -2.38. The number of benzene rings is 1. The lowest BCUT2D eigenvalue weighted by atomic mass is 9.90. The largest absolute Gasteiger partial charge is 0.442 e. The molecule has 0 saturated carbocycles. The fourth-order valence-corrected chi connectivity index (χ4v) is 4.59. The second-order valence-electron chi connectivity index (χ2n) is 8.65. The molecule has 170 valence electrons. The SMILES string of the molecule is CC(=O)NCC1CN(c2ccc(N3CCC(CC4(C)OCCO4)CC3)c(F)c2)C(=O)O1. The van der Waals surface area contributed by atoms with E-state index in [1.807, 2.05) is 6.92 Å². The van der Waals surface area contributed by atoms with E-state index >= 15 is 0 Å². The van der Waals surface area contributed by atoms with Crippen molar-refractivity contribution in [2.24, 2.45) is 5.92 Å². The Morgan fingerprint density at radius 3 is 2.61 bits per heavy atom. The molecule has 1 unspecified atom stereocenters. The van der Waals surface area contributed by atoms with Crippen LogP contribution in [-0.4, -0.2) is 63.3 Å². The molecule has 9 heteroatoms. The molecule has 8 nitrogen and oxygen atoms in total. The number of hydrogen-bond acceptors (Lipinski definition) is 6. The van der Waals surface area contributed by atoms with Crippen LogP contribution in [0.3, 0.4) is 0 Å². The molecular weight excluding hydrogens is 405 g/mol. The molecule has 4 rings (SSSR count). The molecule has 3 aliphatic heterocycles. The third-order valence-corrected chi connectivity index (χ3v) is 6.21. The van der Waals surface area contributed by atoms with E-state index in [0.29, 0.717) is 30.5 Å². The number of halogens is 1. The molecule has 1 N–H and O–H groups in total. The summed E-state index contributed by atoms with van der Waals surface area (Å²) in [7, 11) is 0. The van der Waals surface area contributed by atoms with Gasteiger partial charge in [-0.1, -0.05) is 0 Å². The van der Waals surface area contributed by atoms with Crippen molar-refractivity contribution in [2.75, 3.05) is 49.2 Å². The van der Waals surface area contributed by atoms with Crippen molar-refractivity contribution < 1.29 is 28.2 Å². The van der Waals surface area contributed by atoms with Crippen molar-refractivity contribution >= 4 is 23.4 Å². The van der Waals surface area contributed by atoms with Crippen molar-refractivity contribution in [3.05, 3.63) is 24.0 Å². The fourth-order valence-electron chi connectivity index (χ4n) is 4.59. The van der Waals surface area contributed by atoms with Gasteiger partial charge in [0.15, 0.2) is 5.79 Å². The van der Waals surface area contributed by atoms with Crippen LogP contribution in [0.5, 0.6) is 0 Å². The minimum absolute atomic E-state index is 0.189. The van der Waals surface area contributed by atoms with Crippen LogP contribution in [0, 0.1) is 11.7 Å². The highest BCUT2D eigenvalue weighted by Gasteiger charge is 2.36. The number of nitrogens with zero attached hydrogens (tertiary/aromatic N) is 2. The number of carbonyl (C=O) groups is 2. The molecule has 0 spiro atoms. The quantitative estimate of drug-likeness (QED) is 0.740. The maximum absolute atomic E-state index is 14.9. The average molecular weight is 435 g/mol. The monoisotopic (exact) mass is 435 g/mol. The molecule has 1 aromatic carbocycles. The van der Waals surface area contributed by atoms with E-state index in [4.69, 9.17) is 14.2 Å². The predicted octanol–water partition coefficient (Wildman–Crippen LogP) is 2.66. The van der Waals surface area contributed by atoms with Gasteiger partial charge in [-0.15, -0.1) is 0 Å². The average Bonchev–Trinajstić information content (AvgIpc) is 3.32. The Kier molecular flexibility index (Phi) is 6.34. The number of anilines is 2. The van der Waals surface area contributed by atoms with Gasteiger partial charge in [0.25, 0.3) is 0 Å². The van der Waals surface area contributed by atoms with Crippen LogP contribution in [0.4, 0.5) is 20.6 Å². The summed E-state index contributed by atoms with van der Waals surface area (Å²) in [5, 5.41) is 2.63. The Balaban J connectivity index is 1.34. The van der Waals surface area contributed by atoms with Gasteiger partial charge in [-0.2, -0.15) is 0 Å². The van der Waals surface area contributed by atoms with E-state index in [-0.39, 0.29) is 24.8 Å². The molecule has 0 aromatic heterocycles. The van der Waals surface area contributed by atoms with Gasteiger partial charge in [0.05, 0.1) is 37.7 Å². The number of carbonyl (C=O) groups excluding carboxylic acids is 2. The molecule has 0 aliphatic carbocycles. The third-order valence-electron chi connectivity index (χ3n) is 6.21. The first-order valence-electron chi connectivity index (χ1n) is 10.9. The van der Waals surface area contributed by atoms with Gasteiger partial charge in [0.2, 0.25) is 5.91 Å². The Hall–Kier alpha value is -2.39. The van der Waals surface area contributed by atoms with Gasteiger partial charge in [0, 0.05) is 26.4 Å². The molecule has 2 amide bonds. The molecule has 3 saturated heterocycles. The van der Waals surface area contributed by atoms with E-state index < -0.39 is 18.0 Å². The zero-order valence-electron chi connectivity index (χ0n) is 18.1. The van der Waals surface area contributed by atoms with Gasteiger partial charge >= 0.3 is 6.09 Å². The molecule has 0 radical (unpaired) electrons. The predicted molar refractivity (Wildman–Crippen MR) is 113 cm³/mol. The number of amides is 2. The fraction of sp³-hybridized carbons (Fsp3) is 0.636. The molecule has 3 aliphatic rings. The number of rotatable bonds is 6. The van der Waals surface area contributed by atoms with Crippen LogP contribution >= 0.6 is 0 Å². The van der Waals surface area contributed by atoms with Crippen molar-refractivity contribution in [3.63, 3.8) is 0 Å². The van der Waals surface area contributed by atoms with Gasteiger partial charge in [-0.05, 0) is 43.9 Å². The first-order valence-corrected chi connectivity index (χ1v) is 10.9. The number of piperidine rings is 1. The van der Waals surface area contributed by atoms with Crippen molar-refractivity contribution in [2.45, 2.75) is 45.0 Å². The molecule has 1 atom stereocenters. The molecule has 3 fully saturated rings. The Labute approximate surface area is 181 Å². The number of nitrogens with one attached hydrogen (secondary N) is 1. The van der Waals surface area contributed by atoms with Crippen LogP contribution in [0.1, 0.15) is 33.1 Å². The number of hydrogen-bond donors (Lipinski definition) is 1. The Morgan fingerprint density at radius 2 is 1.97 bits per heavy atom. The van der Waals surface area contributed by atoms with Crippen LogP contribution in [-0.2, 0) is 19.0 Å². The topological polar surface area (TPSA) is 80.3 Å². The van der Waals surface area contributed by atoms with Crippen molar-refractivity contribution in [1.29, 1.82) is 0 Å². The van der Waals surface area contributed by atoms with Crippen LogP contribution in [0.2, 0.25) is 0 Å². The van der Waals surface area contributed by atoms with Gasteiger partial charge in [-0.3, -0.25) is 9.69 Å². The van der Waals surface area contributed by atoms with Gasteiger partial charge < -0.3 is 24.4 Å².